The summed E-state index contributed by atoms with van der Waals surface area (Å²) in [4.78, 5) is 11.5. The van der Waals surface area contributed by atoms with E-state index in [1.54, 1.807) is 6.07 Å². The molecule has 1 aliphatic rings. The number of benzene rings is 1. The van der Waals surface area contributed by atoms with Gasteiger partial charge < -0.3 is 14.8 Å². The van der Waals surface area contributed by atoms with Gasteiger partial charge in [0.1, 0.15) is 0 Å². The molecule has 0 atom stereocenters. The smallest absolute Gasteiger partial charge is 0.224 e. The van der Waals surface area contributed by atoms with Gasteiger partial charge in [-0.1, -0.05) is 11.6 Å². The first-order chi connectivity index (χ1) is 8.70. The van der Waals surface area contributed by atoms with Gasteiger partial charge in [0.15, 0.2) is 11.5 Å². The maximum Gasteiger partial charge on any atom is 0.224 e. The zero-order chi connectivity index (χ0) is 13.0. The van der Waals surface area contributed by atoms with E-state index >= 15 is 0 Å². The van der Waals surface area contributed by atoms with Crippen molar-refractivity contribution in [2.75, 3.05) is 19.8 Å². The summed E-state index contributed by atoms with van der Waals surface area (Å²) in [6.45, 7) is 3.71. The quantitative estimate of drug-likeness (QED) is 0.915. The average Bonchev–Trinajstić information content (AvgIpc) is 2.54. The van der Waals surface area contributed by atoms with Gasteiger partial charge in [-0.2, -0.15) is 0 Å². The molecule has 1 aliphatic heterocycles. The Kier molecular flexibility index (Phi) is 4.31. The standard InChI is InChI=1S/C13H16ClNO3/c1-2-15-12(16)8-9-6-10(14)13-11(7-9)17-4-3-5-18-13/h6-7H,2-5,8H2,1H3,(H,15,16). The van der Waals surface area contributed by atoms with E-state index in [1.165, 1.54) is 0 Å². The second kappa shape index (κ2) is 5.96. The Bertz CT molecular complexity index is 448. The number of carbonyl (C=O) groups excluding carboxylic acids is 1. The highest BCUT2D eigenvalue weighted by molar-refractivity contribution is 6.32. The van der Waals surface area contributed by atoms with E-state index < -0.39 is 0 Å². The number of likely N-dealkylation sites (N-methyl/N-ethyl adjacent to an activating group) is 1. The lowest BCUT2D eigenvalue weighted by atomic mass is 10.1. The molecule has 0 fully saturated rings. The van der Waals surface area contributed by atoms with Crippen molar-refractivity contribution in [2.45, 2.75) is 19.8 Å². The summed E-state index contributed by atoms with van der Waals surface area (Å²) in [7, 11) is 0. The van der Waals surface area contributed by atoms with Crippen LogP contribution in [0.4, 0.5) is 0 Å². The molecule has 18 heavy (non-hydrogen) atoms. The third-order valence-corrected chi connectivity index (χ3v) is 2.88. The van der Waals surface area contributed by atoms with Crippen LogP contribution < -0.4 is 14.8 Å². The van der Waals surface area contributed by atoms with Crippen molar-refractivity contribution in [2.24, 2.45) is 0 Å². The summed E-state index contributed by atoms with van der Waals surface area (Å²) < 4.78 is 11.1. The van der Waals surface area contributed by atoms with E-state index in [0.717, 1.165) is 12.0 Å². The van der Waals surface area contributed by atoms with Crippen LogP contribution in [0, 0.1) is 0 Å². The van der Waals surface area contributed by atoms with Crippen LogP contribution in [0.2, 0.25) is 5.02 Å². The monoisotopic (exact) mass is 269 g/mol. The number of carbonyl (C=O) groups is 1. The van der Waals surface area contributed by atoms with Gasteiger partial charge in [0.25, 0.3) is 0 Å². The van der Waals surface area contributed by atoms with Crippen LogP contribution in [0.15, 0.2) is 12.1 Å². The van der Waals surface area contributed by atoms with E-state index in [2.05, 4.69) is 5.32 Å². The van der Waals surface area contributed by atoms with E-state index in [9.17, 15) is 4.79 Å². The minimum Gasteiger partial charge on any atom is -0.489 e. The number of halogens is 1. The first-order valence-electron chi connectivity index (χ1n) is 6.05. The minimum absolute atomic E-state index is 0.0249. The molecule has 98 valence electrons. The Morgan fingerprint density at radius 3 is 2.94 bits per heavy atom. The largest absolute Gasteiger partial charge is 0.489 e. The Hall–Kier alpha value is -1.42. The number of amides is 1. The first-order valence-corrected chi connectivity index (χ1v) is 6.43. The van der Waals surface area contributed by atoms with Crippen LogP contribution in [-0.2, 0) is 11.2 Å². The van der Waals surface area contributed by atoms with Crippen molar-refractivity contribution in [1.82, 2.24) is 5.32 Å². The lowest BCUT2D eigenvalue weighted by Gasteiger charge is -2.11. The summed E-state index contributed by atoms with van der Waals surface area (Å²) in [5.74, 6) is 1.18. The highest BCUT2D eigenvalue weighted by Crippen LogP contribution is 2.38. The molecule has 0 saturated carbocycles. The van der Waals surface area contributed by atoms with Crippen LogP contribution in [0.1, 0.15) is 18.9 Å². The van der Waals surface area contributed by atoms with Crippen molar-refractivity contribution in [3.8, 4) is 11.5 Å². The van der Waals surface area contributed by atoms with Gasteiger partial charge in [0.05, 0.1) is 24.7 Å². The molecule has 0 saturated heterocycles. The Balaban J connectivity index is 2.20. The molecule has 1 N–H and O–H groups in total. The molecule has 1 heterocycles. The van der Waals surface area contributed by atoms with Crippen LogP contribution in [0.5, 0.6) is 11.5 Å². The zero-order valence-electron chi connectivity index (χ0n) is 10.3. The minimum atomic E-state index is -0.0249. The summed E-state index contributed by atoms with van der Waals surface area (Å²) >= 11 is 6.14. The van der Waals surface area contributed by atoms with Gasteiger partial charge in [-0.25, -0.2) is 0 Å². The first kappa shape index (κ1) is 13.0. The third kappa shape index (κ3) is 3.07. The van der Waals surface area contributed by atoms with Gasteiger partial charge in [-0.15, -0.1) is 0 Å². The van der Waals surface area contributed by atoms with Crippen LogP contribution >= 0.6 is 11.6 Å². The van der Waals surface area contributed by atoms with Crippen molar-refractivity contribution in [1.29, 1.82) is 0 Å². The number of hydrogen-bond acceptors (Lipinski definition) is 3. The topological polar surface area (TPSA) is 47.6 Å². The van der Waals surface area contributed by atoms with E-state index in [1.807, 2.05) is 13.0 Å². The van der Waals surface area contributed by atoms with Crippen molar-refractivity contribution >= 4 is 17.5 Å². The van der Waals surface area contributed by atoms with Crippen molar-refractivity contribution in [3.05, 3.63) is 22.7 Å². The van der Waals surface area contributed by atoms with Gasteiger partial charge in [-0.05, 0) is 24.6 Å². The molecule has 0 radical (unpaired) electrons. The number of hydrogen-bond donors (Lipinski definition) is 1. The van der Waals surface area contributed by atoms with Gasteiger partial charge in [0, 0.05) is 13.0 Å². The molecule has 0 aromatic heterocycles. The number of fused-ring (bicyclic) bond motifs is 1. The normalized spacial score (nSPS) is 13.9. The predicted octanol–water partition coefficient (Wildman–Crippen LogP) is 2.18. The summed E-state index contributed by atoms with van der Waals surface area (Å²) in [6.07, 6.45) is 1.13. The van der Waals surface area contributed by atoms with Crippen LogP contribution in [-0.4, -0.2) is 25.7 Å². The maximum absolute atomic E-state index is 11.5. The molecule has 2 rings (SSSR count). The molecule has 4 nitrogen and oxygen atoms in total. The predicted molar refractivity (Wildman–Crippen MR) is 69.4 cm³/mol. The Morgan fingerprint density at radius 1 is 1.39 bits per heavy atom. The third-order valence-electron chi connectivity index (χ3n) is 2.60. The second-order valence-corrected chi connectivity index (χ2v) is 4.49. The Labute approximate surface area is 111 Å². The number of nitrogens with one attached hydrogen (secondary N) is 1. The molecule has 0 bridgehead atoms. The Morgan fingerprint density at radius 2 is 2.17 bits per heavy atom. The second-order valence-electron chi connectivity index (χ2n) is 4.09. The van der Waals surface area contributed by atoms with Gasteiger partial charge >= 0.3 is 0 Å². The molecule has 5 heteroatoms. The lowest BCUT2D eigenvalue weighted by Crippen LogP contribution is -2.24. The fourth-order valence-corrected chi connectivity index (χ4v) is 2.12. The fraction of sp³-hybridized carbons (Fsp3) is 0.462. The van der Waals surface area contributed by atoms with E-state index in [4.69, 9.17) is 21.1 Å². The number of rotatable bonds is 3. The number of ether oxygens (including phenoxy) is 2. The lowest BCUT2D eigenvalue weighted by molar-refractivity contribution is -0.120. The average molecular weight is 270 g/mol. The molecular weight excluding hydrogens is 254 g/mol. The summed E-state index contributed by atoms with van der Waals surface area (Å²) in [6, 6.07) is 3.58. The molecule has 0 aliphatic carbocycles. The zero-order valence-corrected chi connectivity index (χ0v) is 11.0. The molecule has 0 spiro atoms. The van der Waals surface area contributed by atoms with Crippen molar-refractivity contribution < 1.29 is 14.3 Å². The van der Waals surface area contributed by atoms with Crippen molar-refractivity contribution in [3.63, 3.8) is 0 Å². The maximum atomic E-state index is 11.5. The molecule has 1 aromatic carbocycles. The van der Waals surface area contributed by atoms with Crippen LogP contribution in [0.25, 0.3) is 0 Å². The van der Waals surface area contributed by atoms with Gasteiger partial charge in [-0.3, -0.25) is 4.79 Å². The molecule has 1 aromatic rings. The van der Waals surface area contributed by atoms with E-state index in [-0.39, 0.29) is 5.91 Å². The fourth-order valence-electron chi connectivity index (χ4n) is 1.83. The summed E-state index contributed by atoms with van der Waals surface area (Å²) in [5.41, 5.74) is 0.829. The highest BCUT2D eigenvalue weighted by atomic mass is 35.5. The molecule has 1 amide bonds. The highest BCUT2D eigenvalue weighted by Gasteiger charge is 2.16. The molecular formula is C13H16ClNO3. The van der Waals surface area contributed by atoms with E-state index in [0.29, 0.717) is 42.7 Å². The van der Waals surface area contributed by atoms with Gasteiger partial charge in [0.2, 0.25) is 5.91 Å². The summed E-state index contributed by atoms with van der Waals surface area (Å²) in [5, 5.41) is 3.25. The SMILES string of the molecule is CCNC(=O)Cc1cc(Cl)c2c(c1)OCCCO2. The van der Waals surface area contributed by atoms with Crippen LogP contribution in [0.3, 0.4) is 0 Å². The molecule has 0 unspecified atom stereocenters.